The Bertz CT molecular complexity index is 530. The highest BCUT2D eigenvalue weighted by atomic mass is 32.1. The minimum atomic E-state index is 0.449. The summed E-state index contributed by atoms with van der Waals surface area (Å²) in [5.41, 5.74) is 0. The monoisotopic (exact) mass is 276 g/mol. The van der Waals surface area contributed by atoms with Crippen molar-refractivity contribution >= 4 is 11.3 Å². The van der Waals surface area contributed by atoms with Gasteiger partial charge in [-0.15, -0.1) is 21.5 Å². The highest BCUT2D eigenvalue weighted by molar-refractivity contribution is 7.09. The Morgan fingerprint density at radius 3 is 2.89 bits per heavy atom. The van der Waals surface area contributed by atoms with Gasteiger partial charge in [-0.2, -0.15) is 0 Å². The molecule has 0 fully saturated rings. The zero-order chi connectivity index (χ0) is 13.2. The van der Waals surface area contributed by atoms with Gasteiger partial charge in [-0.3, -0.25) is 4.90 Å². The standard InChI is InChI=1S/C14H20N4S/c1-11(2)14-16-15-13-5-6-17(7-8-18(13)14)10-12-4-3-9-19-12/h3-4,9,11H,5-8,10H2,1-2H3. The quantitative estimate of drug-likeness (QED) is 0.864. The Morgan fingerprint density at radius 2 is 2.16 bits per heavy atom. The van der Waals surface area contributed by atoms with E-state index in [4.69, 9.17) is 0 Å². The van der Waals surface area contributed by atoms with Crippen molar-refractivity contribution in [1.29, 1.82) is 0 Å². The van der Waals surface area contributed by atoms with Gasteiger partial charge in [0.15, 0.2) is 0 Å². The van der Waals surface area contributed by atoms with E-state index in [2.05, 4.69) is 51.0 Å². The average molecular weight is 276 g/mol. The predicted octanol–water partition coefficient (Wildman–Crippen LogP) is 2.52. The van der Waals surface area contributed by atoms with Crippen molar-refractivity contribution < 1.29 is 0 Å². The predicted molar refractivity (Wildman–Crippen MR) is 77.4 cm³/mol. The van der Waals surface area contributed by atoms with Gasteiger partial charge in [0.2, 0.25) is 0 Å². The van der Waals surface area contributed by atoms with Gasteiger partial charge in [0.25, 0.3) is 0 Å². The normalized spacial score (nSPS) is 16.6. The second-order valence-corrected chi connectivity index (χ2v) is 6.42. The summed E-state index contributed by atoms with van der Waals surface area (Å²) in [6.45, 7) is 8.61. The van der Waals surface area contributed by atoms with Crippen molar-refractivity contribution in [3.8, 4) is 0 Å². The molecule has 0 amide bonds. The SMILES string of the molecule is CC(C)c1nnc2n1CCN(Cc1cccs1)CC2. The van der Waals surface area contributed by atoms with Crippen LogP contribution in [-0.4, -0.2) is 32.8 Å². The van der Waals surface area contributed by atoms with E-state index >= 15 is 0 Å². The molecule has 1 aliphatic heterocycles. The van der Waals surface area contributed by atoms with E-state index in [1.807, 2.05) is 11.3 Å². The summed E-state index contributed by atoms with van der Waals surface area (Å²) in [6, 6.07) is 4.35. The largest absolute Gasteiger partial charge is 0.313 e. The maximum atomic E-state index is 4.36. The first-order chi connectivity index (χ1) is 9.24. The molecule has 4 nitrogen and oxygen atoms in total. The van der Waals surface area contributed by atoms with Gasteiger partial charge in [-0.05, 0) is 11.4 Å². The molecule has 1 aliphatic rings. The minimum absolute atomic E-state index is 0.449. The number of hydrogen-bond acceptors (Lipinski definition) is 4. The first-order valence-corrected chi connectivity index (χ1v) is 7.78. The molecule has 2 aromatic rings. The second kappa shape index (κ2) is 5.43. The van der Waals surface area contributed by atoms with E-state index in [1.54, 1.807) is 0 Å². The van der Waals surface area contributed by atoms with Crippen LogP contribution in [-0.2, 0) is 19.5 Å². The molecule has 0 spiro atoms. The fourth-order valence-electron chi connectivity index (χ4n) is 2.60. The summed E-state index contributed by atoms with van der Waals surface area (Å²) in [7, 11) is 0. The third kappa shape index (κ3) is 2.72. The molecule has 0 atom stereocenters. The summed E-state index contributed by atoms with van der Waals surface area (Å²) < 4.78 is 2.32. The summed E-state index contributed by atoms with van der Waals surface area (Å²) in [5, 5.41) is 10.8. The van der Waals surface area contributed by atoms with Gasteiger partial charge in [-0.1, -0.05) is 19.9 Å². The molecular weight excluding hydrogens is 256 g/mol. The highest BCUT2D eigenvalue weighted by Gasteiger charge is 2.20. The number of hydrogen-bond donors (Lipinski definition) is 0. The van der Waals surface area contributed by atoms with Gasteiger partial charge in [0.1, 0.15) is 11.6 Å². The lowest BCUT2D eigenvalue weighted by atomic mass is 10.2. The lowest BCUT2D eigenvalue weighted by molar-refractivity contribution is 0.272. The van der Waals surface area contributed by atoms with Gasteiger partial charge >= 0.3 is 0 Å². The number of nitrogens with zero attached hydrogens (tertiary/aromatic N) is 4. The van der Waals surface area contributed by atoms with Crippen LogP contribution in [0.1, 0.15) is 36.3 Å². The van der Waals surface area contributed by atoms with Crippen LogP contribution in [0.25, 0.3) is 0 Å². The highest BCUT2D eigenvalue weighted by Crippen LogP contribution is 2.18. The lowest BCUT2D eigenvalue weighted by Gasteiger charge is -2.18. The Morgan fingerprint density at radius 1 is 1.26 bits per heavy atom. The molecule has 5 heteroatoms. The van der Waals surface area contributed by atoms with Gasteiger partial charge in [0.05, 0.1) is 0 Å². The average Bonchev–Trinajstić information content (AvgIpc) is 2.98. The summed E-state index contributed by atoms with van der Waals surface area (Å²) >= 11 is 1.84. The van der Waals surface area contributed by atoms with Crippen LogP contribution in [0.3, 0.4) is 0 Å². The summed E-state index contributed by atoms with van der Waals surface area (Å²) in [6.07, 6.45) is 1.01. The Hall–Kier alpha value is -1.20. The molecule has 0 unspecified atom stereocenters. The molecule has 0 aromatic carbocycles. The first-order valence-electron chi connectivity index (χ1n) is 6.90. The molecule has 0 saturated heterocycles. The van der Waals surface area contributed by atoms with E-state index in [0.29, 0.717) is 5.92 Å². The van der Waals surface area contributed by atoms with E-state index in [-0.39, 0.29) is 0 Å². The fourth-order valence-corrected chi connectivity index (χ4v) is 3.34. The van der Waals surface area contributed by atoms with Crippen molar-refractivity contribution in [1.82, 2.24) is 19.7 Å². The van der Waals surface area contributed by atoms with Crippen LogP contribution in [0.4, 0.5) is 0 Å². The Labute approximate surface area is 118 Å². The molecule has 0 N–H and O–H groups in total. The van der Waals surface area contributed by atoms with Crippen molar-refractivity contribution in [3.05, 3.63) is 34.0 Å². The lowest BCUT2D eigenvalue weighted by Crippen LogP contribution is -2.26. The number of fused-ring (bicyclic) bond motifs is 1. The maximum Gasteiger partial charge on any atom is 0.135 e. The van der Waals surface area contributed by atoms with E-state index in [9.17, 15) is 0 Å². The van der Waals surface area contributed by atoms with Crippen LogP contribution < -0.4 is 0 Å². The topological polar surface area (TPSA) is 34.0 Å². The Kier molecular flexibility index (Phi) is 3.66. The van der Waals surface area contributed by atoms with Gasteiger partial charge in [0, 0.05) is 43.4 Å². The van der Waals surface area contributed by atoms with E-state index in [0.717, 1.165) is 44.2 Å². The number of thiophene rings is 1. The zero-order valence-corrected chi connectivity index (χ0v) is 12.4. The Balaban J connectivity index is 1.71. The van der Waals surface area contributed by atoms with Crippen LogP contribution in [0.5, 0.6) is 0 Å². The summed E-state index contributed by atoms with van der Waals surface area (Å²) in [5.74, 6) is 2.73. The molecule has 2 aromatic heterocycles. The molecule has 3 heterocycles. The minimum Gasteiger partial charge on any atom is -0.313 e. The van der Waals surface area contributed by atoms with Crippen molar-refractivity contribution in [3.63, 3.8) is 0 Å². The molecule has 3 rings (SSSR count). The number of aromatic nitrogens is 3. The molecule has 0 saturated carbocycles. The van der Waals surface area contributed by atoms with Crippen LogP contribution in [0, 0.1) is 0 Å². The van der Waals surface area contributed by atoms with E-state index in [1.165, 1.54) is 4.88 Å². The molecule has 0 radical (unpaired) electrons. The van der Waals surface area contributed by atoms with Crippen LogP contribution >= 0.6 is 11.3 Å². The molecule has 19 heavy (non-hydrogen) atoms. The van der Waals surface area contributed by atoms with Crippen molar-refractivity contribution in [2.45, 2.75) is 39.3 Å². The van der Waals surface area contributed by atoms with Crippen LogP contribution in [0.2, 0.25) is 0 Å². The molecule has 102 valence electrons. The van der Waals surface area contributed by atoms with E-state index < -0.39 is 0 Å². The van der Waals surface area contributed by atoms with Crippen molar-refractivity contribution in [2.24, 2.45) is 0 Å². The maximum absolute atomic E-state index is 4.36. The van der Waals surface area contributed by atoms with Crippen LogP contribution in [0.15, 0.2) is 17.5 Å². The van der Waals surface area contributed by atoms with Gasteiger partial charge < -0.3 is 4.57 Å². The molecule has 0 aliphatic carbocycles. The molecule has 0 bridgehead atoms. The zero-order valence-electron chi connectivity index (χ0n) is 11.5. The van der Waals surface area contributed by atoms with Gasteiger partial charge in [-0.25, -0.2) is 0 Å². The third-order valence-electron chi connectivity index (χ3n) is 3.62. The first kappa shape index (κ1) is 12.8. The molecular formula is C14H20N4S. The van der Waals surface area contributed by atoms with Crippen molar-refractivity contribution in [2.75, 3.05) is 13.1 Å². The summed E-state index contributed by atoms with van der Waals surface area (Å²) in [4.78, 5) is 3.96. The number of rotatable bonds is 3. The fraction of sp³-hybridized carbons (Fsp3) is 0.571. The third-order valence-corrected chi connectivity index (χ3v) is 4.48. The smallest absolute Gasteiger partial charge is 0.135 e. The second-order valence-electron chi connectivity index (χ2n) is 5.39.